The Morgan fingerprint density at radius 2 is 1.65 bits per heavy atom. The molecular weight excluding hydrogens is 264 g/mol. The summed E-state index contributed by atoms with van der Waals surface area (Å²) in [6, 6.07) is 4.38. The van der Waals surface area contributed by atoms with Gasteiger partial charge in [0.1, 0.15) is 5.78 Å². The monoisotopic (exact) mass is 288 g/mol. The lowest BCUT2D eigenvalue weighted by molar-refractivity contribution is -0.135. The Bertz CT molecular complexity index is 487. The quantitative estimate of drug-likeness (QED) is 0.797. The Hall–Kier alpha value is -0.630. The van der Waals surface area contributed by atoms with Crippen LogP contribution in [0.15, 0.2) is 12.1 Å². The number of Topliss-reactive ketones (excluding diaryl/α,β-unsaturated/α-hetero) is 1. The first-order chi connectivity index (χ1) is 9.72. The Kier molecular flexibility index (Phi) is 3.25. The van der Waals surface area contributed by atoms with E-state index >= 15 is 0 Å². The SMILES string of the molecule is CCc1ccc(CC(=O)C2C3CC4CC(C3)CC2C4)s1. The van der Waals surface area contributed by atoms with E-state index in [9.17, 15) is 4.79 Å². The molecule has 1 aromatic rings. The molecule has 4 aliphatic rings. The van der Waals surface area contributed by atoms with E-state index in [1.54, 1.807) is 0 Å². The van der Waals surface area contributed by atoms with Gasteiger partial charge in [0.25, 0.3) is 0 Å². The zero-order valence-electron chi connectivity index (χ0n) is 12.3. The number of carbonyl (C=O) groups is 1. The number of rotatable bonds is 4. The highest BCUT2D eigenvalue weighted by molar-refractivity contribution is 7.12. The number of carbonyl (C=O) groups excluding carboxylic acids is 1. The number of thiophene rings is 1. The minimum Gasteiger partial charge on any atom is -0.299 e. The van der Waals surface area contributed by atoms with Gasteiger partial charge in [-0.15, -0.1) is 11.3 Å². The molecule has 0 aromatic carbocycles. The zero-order chi connectivity index (χ0) is 13.7. The van der Waals surface area contributed by atoms with Crippen LogP contribution in [0.2, 0.25) is 0 Å². The van der Waals surface area contributed by atoms with E-state index in [-0.39, 0.29) is 0 Å². The Morgan fingerprint density at radius 3 is 2.20 bits per heavy atom. The van der Waals surface area contributed by atoms with Gasteiger partial charge in [-0.1, -0.05) is 6.92 Å². The average Bonchev–Trinajstić information content (AvgIpc) is 2.85. The number of hydrogen-bond acceptors (Lipinski definition) is 2. The standard InChI is InChI=1S/C18H24OS/c1-2-15-3-4-16(20-15)10-17(19)18-13-6-11-5-12(8-13)9-14(18)7-11/h3-4,11-14,18H,2,5-10H2,1H3. The molecule has 1 heterocycles. The minimum atomic E-state index is 0.412. The summed E-state index contributed by atoms with van der Waals surface area (Å²) >= 11 is 1.84. The van der Waals surface area contributed by atoms with Crippen molar-refractivity contribution >= 4 is 17.1 Å². The topological polar surface area (TPSA) is 17.1 Å². The van der Waals surface area contributed by atoms with Crippen LogP contribution in [-0.2, 0) is 17.6 Å². The Morgan fingerprint density at radius 1 is 1.05 bits per heavy atom. The van der Waals surface area contributed by atoms with Crippen molar-refractivity contribution in [1.29, 1.82) is 0 Å². The Labute approximate surface area is 125 Å². The third-order valence-corrected chi connectivity index (χ3v) is 7.24. The van der Waals surface area contributed by atoms with E-state index in [1.165, 1.54) is 41.9 Å². The molecule has 0 unspecified atom stereocenters. The highest BCUT2D eigenvalue weighted by Crippen LogP contribution is 2.56. The van der Waals surface area contributed by atoms with E-state index in [0.717, 1.165) is 30.1 Å². The molecule has 4 fully saturated rings. The largest absolute Gasteiger partial charge is 0.299 e. The van der Waals surface area contributed by atoms with Crippen molar-refractivity contribution in [3.05, 3.63) is 21.9 Å². The van der Waals surface area contributed by atoms with E-state index in [4.69, 9.17) is 0 Å². The van der Waals surface area contributed by atoms with Gasteiger partial charge in [-0.2, -0.15) is 0 Å². The predicted molar refractivity (Wildman–Crippen MR) is 82.9 cm³/mol. The molecule has 5 rings (SSSR count). The molecule has 4 saturated carbocycles. The fraction of sp³-hybridized carbons (Fsp3) is 0.722. The average molecular weight is 288 g/mol. The third kappa shape index (κ3) is 2.16. The van der Waals surface area contributed by atoms with E-state index in [0.29, 0.717) is 18.1 Å². The summed E-state index contributed by atoms with van der Waals surface area (Å²) in [6.07, 6.45) is 8.69. The molecule has 2 heteroatoms. The summed E-state index contributed by atoms with van der Waals surface area (Å²) in [5, 5.41) is 0. The summed E-state index contributed by atoms with van der Waals surface area (Å²) in [7, 11) is 0. The molecule has 1 aromatic heterocycles. The van der Waals surface area contributed by atoms with Gasteiger partial charge in [0, 0.05) is 22.1 Å². The summed E-state index contributed by atoms with van der Waals surface area (Å²) in [5.74, 6) is 4.39. The van der Waals surface area contributed by atoms with E-state index in [1.807, 2.05) is 11.3 Å². The van der Waals surface area contributed by atoms with Gasteiger partial charge in [0.05, 0.1) is 0 Å². The lowest BCUT2D eigenvalue weighted by atomic mass is 9.51. The van der Waals surface area contributed by atoms with Gasteiger partial charge >= 0.3 is 0 Å². The lowest BCUT2D eigenvalue weighted by Gasteiger charge is -2.53. The molecule has 0 atom stereocenters. The van der Waals surface area contributed by atoms with Crippen LogP contribution in [0, 0.1) is 29.6 Å². The number of ketones is 1. The van der Waals surface area contributed by atoms with Crippen LogP contribution < -0.4 is 0 Å². The summed E-state index contributed by atoms with van der Waals surface area (Å²) in [4.78, 5) is 15.5. The van der Waals surface area contributed by atoms with Gasteiger partial charge in [0.2, 0.25) is 0 Å². The minimum absolute atomic E-state index is 0.412. The zero-order valence-corrected chi connectivity index (χ0v) is 13.1. The first-order valence-corrected chi connectivity index (χ1v) is 9.15. The van der Waals surface area contributed by atoms with E-state index < -0.39 is 0 Å². The molecule has 1 nitrogen and oxygen atoms in total. The summed E-state index contributed by atoms with van der Waals surface area (Å²) < 4.78 is 0. The van der Waals surface area contributed by atoms with Gasteiger partial charge < -0.3 is 0 Å². The van der Waals surface area contributed by atoms with Gasteiger partial charge in [-0.3, -0.25) is 4.79 Å². The van der Waals surface area contributed by atoms with Crippen molar-refractivity contribution in [3.8, 4) is 0 Å². The molecule has 4 aliphatic carbocycles. The fourth-order valence-corrected chi connectivity index (χ4v) is 6.42. The molecular formula is C18H24OS. The predicted octanol–water partition coefficient (Wildman–Crippen LogP) is 4.49. The molecule has 108 valence electrons. The summed E-state index contributed by atoms with van der Waals surface area (Å²) in [6.45, 7) is 2.19. The molecule has 0 saturated heterocycles. The van der Waals surface area contributed by atoms with Crippen molar-refractivity contribution in [1.82, 2.24) is 0 Å². The van der Waals surface area contributed by atoms with Crippen LogP contribution in [0.4, 0.5) is 0 Å². The molecule has 0 radical (unpaired) electrons. The second kappa shape index (κ2) is 4.98. The van der Waals surface area contributed by atoms with Crippen molar-refractivity contribution in [2.45, 2.75) is 51.9 Å². The maximum atomic E-state index is 12.8. The second-order valence-electron chi connectivity index (χ2n) is 7.32. The smallest absolute Gasteiger partial charge is 0.141 e. The molecule has 0 amide bonds. The maximum Gasteiger partial charge on any atom is 0.141 e. The van der Waals surface area contributed by atoms with Gasteiger partial charge in [-0.25, -0.2) is 0 Å². The van der Waals surface area contributed by atoms with Crippen molar-refractivity contribution in [2.24, 2.45) is 29.6 Å². The molecule has 0 aliphatic heterocycles. The van der Waals surface area contributed by atoms with Gasteiger partial charge in [0.15, 0.2) is 0 Å². The highest BCUT2D eigenvalue weighted by atomic mass is 32.1. The Balaban J connectivity index is 1.48. The number of aryl methyl sites for hydroxylation is 1. The van der Waals surface area contributed by atoms with Crippen LogP contribution in [-0.4, -0.2) is 5.78 Å². The first-order valence-electron chi connectivity index (χ1n) is 8.33. The lowest BCUT2D eigenvalue weighted by Crippen LogP contribution is -2.48. The highest BCUT2D eigenvalue weighted by Gasteiger charge is 2.50. The third-order valence-electron chi connectivity index (χ3n) is 6.01. The van der Waals surface area contributed by atoms with Crippen LogP contribution in [0.25, 0.3) is 0 Å². The second-order valence-corrected chi connectivity index (χ2v) is 8.57. The molecule has 20 heavy (non-hydrogen) atoms. The molecule has 0 spiro atoms. The normalized spacial score (nSPS) is 38.4. The van der Waals surface area contributed by atoms with Crippen molar-refractivity contribution in [2.75, 3.05) is 0 Å². The van der Waals surface area contributed by atoms with Crippen molar-refractivity contribution in [3.63, 3.8) is 0 Å². The maximum absolute atomic E-state index is 12.8. The summed E-state index contributed by atoms with van der Waals surface area (Å²) in [5.41, 5.74) is 0. The van der Waals surface area contributed by atoms with E-state index in [2.05, 4.69) is 19.1 Å². The van der Waals surface area contributed by atoms with Crippen molar-refractivity contribution < 1.29 is 4.79 Å². The molecule has 4 bridgehead atoms. The van der Waals surface area contributed by atoms with Crippen LogP contribution in [0.1, 0.15) is 48.8 Å². The van der Waals surface area contributed by atoms with Crippen LogP contribution >= 0.6 is 11.3 Å². The first kappa shape index (κ1) is 13.1. The van der Waals surface area contributed by atoms with Crippen LogP contribution in [0.5, 0.6) is 0 Å². The number of hydrogen-bond donors (Lipinski definition) is 0. The fourth-order valence-electron chi connectivity index (χ4n) is 5.45. The molecule has 0 N–H and O–H groups in total. The van der Waals surface area contributed by atoms with Gasteiger partial charge in [-0.05, 0) is 74.3 Å². The van der Waals surface area contributed by atoms with Crippen LogP contribution in [0.3, 0.4) is 0 Å².